The molecule has 7 heteroatoms. The van der Waals surface area contributed by atoms with Crippen molar-refractivity contribution in [3.63, 3.8) is 0 Å². The van der Waals surface area contributed by atoms with Crippen molar-refractivity contribution in [3.8, 4) is 11.8 Å². The first-order valence-corrected chi connectivity index (χ1v) is 5.56. The van der Waals surface area contributed by atoms with Crippen molar-refractivity contribution >= 4 is 0 Å². The van der Waals surface area contributed by atoms with Gasteiger partial charge in [0.1, 0.15) is 23.8 Å². The molecule has 0 aliphatic rings. The van der Waals surface area contributed by atoms with Gasteiger partial charge in [0.2, 0.25) is 0 Å². The zero-order chi connectivity index (χ0) is 14.8. The van der Waals surface area contributed by atoms with Crippen LogP contribution in [0.1, 0.15) is 22.6 Å². The van der Waals surface area contributed by atoms with Gasteiger partial charge in [-0.1, -0.05) is 5.16 Å². The number of hydrogen-bond donors (Lipinski definition) is 0. The summed E-state index contributed by atoms with van der Waals surface area (Å²) in [6.45, 7) is 1.52. The minimum atomic E-state index is -4.60. The monoisotopic (exact) mass is 282 g/mol. The highest BCUT2D eigenvalue weighted by Gasteiger charge is 2.34. The van der Waals surface area contributed by atoms with Crippen LogP contribution >= 0.6 is 0 Å². The standard InChI is InChI=1S/C13H9F3N2O2/c1-8-4-10(18-20-8)7-19-12-3-2-9(6-17)5-11(12)13(14,15)16/h2-5H,7H2,1H3. The Balaban J connectivity index is 2.25. The molecule has 0 radical (unpaired) electrons. The number of benzene rings is 1. The van der Waals surface area contributed by atoms with Crippen molar-refractivity contribution in [1.29, 1.82) is 5.26 Å². The molecule has 0 spiro atoms. The van der Waals surface area contributed by atoms with E-state index < -0.39 is 11.7 Å². The first-order chi connectivity index (χ1) is 9.40. The Hall–Kier alpha value is -2.49. The molecular formula is C13H9F3N2O2. The van der Waals surface area contributed by atoms with Crippen LogP contribution in [0.15, 0.2) is 28.8 Å². The van der Waals surface area contributed by atoms with E-state index in [0.29, 0.717) is 11.5 Å². The lowest BCUT2D eigenvalue weighted by Gasteiger charge is -2.13. The van der Waals surface area contributed by atoms with E-state index in [-0.39, 0.29) is 17.9 Å². The molecule has 0 saturated heterocycles. The zero-order valence-electron chi connectivity index (χ0n) is 10.4. The van der Waals surface area contributed by atoms with E-state index in [1.54, 1.807) is 19.1 Å². The topological polar surface area (TPSA) is 59.0 Å². The van der Waals surface area contributed by atoms with E-state index in [4.69, 9.17) is 14.5 Å². The van der Waals surface area contributed by atoms with Crippen LogP contribution in [0.25, 0.3) is 0 Å². The third-order valence-corrected chi connectivity index (χ3v) is 2.47. The summed E-state index contributed by atoms with van der Waals surface area (Å²) < 4.78 is 48.5. The zero-order valence-corrected chi connectivity index (χ0v) is 10.4. The maximum atomic E-state index is 12.9. The summed E-state index contributed by atoms with van der Waals surface area (Å²) in [5.74, 6) is 0.191. The number of aromatic nitrogens is 1. The Kier molecular flexibility index (Phi) is 3.66. The number of nitrogens with zero attached hydrogens (tertiary/aromatic N) is 2. The Morgan fingerprint density at radius 2 is 2.10 bits per heavy atom. The summed E-state index contributed by atoms with van der Waals surface area (Å²) in [6.07, 6.45) is -4.60. The summed E-state index contributed by atoms with van der Waals surface area (Å²) in [6, 6.07) is 6.36. The molecule has 0 aliphatic heterocycles. The minimum absolute atomic E-state index is 0.0815. The van der Waals surface area contributed by atoms with E-state index in [9.17, 15) is 13.2 Å². The minimum Gasteiger partial charge on any atom is -0.487 e. The Labute approximate surface area is 112 Å². The van der Waals surface area contributed by atoms with E-state index in [1.807, 2.05) is 0 Å². The van der Waals surface area contributed by atoms with Gasteiger partial charge in [-0.25, -0.2) is 0 Å². The third-order valence-electron chi connectivity index (χ3n) is 2.47. The lowest BCUT2D eigenvalue weighted by Crippen LogP contribution is -2.09. The van der Waals surface area contributed by atoms with Gasteiger partial charge in [0.15, 0.2) is 0 Å². The second-order valence-electron chi connectivity index (χ2n) is 4.04. The van der Waals surface area contributed by atoms with Crippen molar-refractivity contribution in [1.82, 2.24) is 5.16 Å². The molecule has 0 N–H and O–H groups in total. The van der Waals surface area contributed by atoms with Crippen molar-refractivity contribution in [2.75, 3.05) is 0 Å². The summed E-state index contributed by atoms with van der Waals surface area (Å²) in [5, 5.41) is 12.3. The second kappa shape index (κ2) is 5.25. The average Bonchev–Trinajstić information content (AvgIpc) is 2.81. The summed E-state index contributed by atoms with van der Waals surface area (Å²) in [5.41, 5.74) is -0.682. The normalized spacial score (nSPS) is 11.2. The molecule has 0 atom stereocenters. The maximum absolute atomic E-state index is 12.9. The van der Waals surface area contributed by atoms with E-state index >= 15 is 0 Å². The van der Waals surface area contributed by atoms with Crippen LogP contribution in [0.3, 0.4) is 0 Å². The van der Waals surface area contributed by atoms with Gasteiger partial charge in [0.05, 0.1) is 17.2 Å². The van der Waals surface area contributed by atoms with Crippen LogP contribution in [0, 0.1) is 18.3 Å². The smallest absolute Gasteiger partial charge is 0.420 e. The Morgan fingerprint density at radius 1 is 1.35 bits per heavy atom. The fourth-order valence-electron chi connectivity index (χ4n) is 1.58. The van der Waals surface area contributed by atoms with Gasteiger partial charge < -0.3 is 9.26 Å². The third kappa shape index (κ3) is 3.09. The number of aryl methyl sites for hydroxylation is 1. The van der Waals surface area contributed by atoms with Gasteiger partial charge in [-0.3, -0.25) is 0 Å². The summed E-state index contributed by atoms with van der Waals surface area (Å²) in [4.78, 5) is 0. The van der Waals surface area contributed by atoms with Crippen LogP contribution in [-0.4, -0.2) is 5.16 Å². The molecule has 1 aromatic carbocycles. The molecule has 0 aliphatic carbocycles. The van der Waals surface area contributed by atoms with Gasteiger partial charge in [0, 0.05) is 6.07 Å². The summed E-state index contributed by atoms with van der Waals surface area (Å²) in [7, 11) is 0. The molecule has 1 aromatic heterocycles. The van der Waals surface area contributed by atoms with Crippen molar-refractivity contribution in [2.45, 2.75) is 19.7 Å². The molecule has 0 bridgehead atoms. The predicted octanol–water partition coefficient (Wildman–Crippen LogP) is 3.45. The van der Waals surface area contributed by atoms with Gasteiger partial charge in [-0.05, 0) is 25.1 Å². The molecule has 2 aromatic rings. The molecule has 4 nitrogen and oxygen atoms in total. The SMILES string of the molecule is Cc1cc(COc2ccc(C#N)cc2C(F)(F)F)no1. The number of rotatable bonds is 3. The fourth-order valence-corrected chi connectivity index (χ4v) is 1.58. The number of halogens is 3. The molecule has 1 heterocycles. The van der Waals surface area contributed by atoms with Gasteiger partial charge in [-0.15, -0.1) is 0 Å². The lowest BCUT2D eigenvalue weighted by molar-refractivity contribution is -0.139. The van der Waals surface area contributed by atoms with Gasteiger partial charge >= 0.3 is 6.18 Å². The highest BCUT2D eigenvalue weighted by Crippen LogP contribution is 2.37. The van der Waals surface area contributed by atoms with Gasteiger partial charge in [0.25, 0.3) is 0 Å². The number of ether oxygens (including phenoxy) is 1. The van der Waals surface area contributed by atoms with E-state index in [0.717, 1.165) is 12.1 Å². The largest absolute Gasteiger partial charge is 0.487 e. The molecule has 104 valence electrons. The number of nitriles is 1. The van der Waals surface area contributed by atoms with Crippen LogP contribution in [0.4, 0.5) is 13.2 Å². The molecule has 2 rings (SSSR count). The van der Waals surface area contributed by atoms with E-state index in [1.165, 1.54) is 6.07 Å². The lowest BCUT2D eigenvalue weighted by atomic mass is 10.1. The van der Waals surface area contributed by atoms with Crippen LogP contribution in [-0.2, 0) is 12.8 Å². The molecule has 20 heavy (non-hydrogen) atoms. The van der Waals surface area contributed by atoms with Crippen LogP contribution < -0.4 is 4.74 Å². The highest BCUT2D eigenvalue weighted by atomic mass is 19.4. The van der Waals surface area contributed by atoms with E-state index in [2.05, 4.69) is 5.16 Å². The van der Waals surface area contributed by atoms with Crippen molar-refractivity contribution in [3.05, 3.63) is 46.8 Å². The first-order valence-electron chi connectivity index (χ1n) is 5.56. The molecule has 0 saturated carbocycles. The van der Waals surface area contributed by atoms with Crippen molar-refractivity contribution in [2.24, 2.45) is 0 Å². The van der Waals surface area contributed by atoms with Crippen LogP contribution in [0.2, 0.25) is 0 Å². The maximum Gasteiger partial charge on any atom is 0.420 e. The van der Waals surface area contributed by atoms with Crippen LogP contribution in [0.5, 0.6) is 5.75 Å². The molecule has 0 fully saturated rings. The second-order valence-corrected chi connectivity index (χ2v) is 4.04. The Morgan fingerprint density at radius 3 is 2.65 bits per heavy atom. The highest BCUT2D eigenvalue weighted by molar-refractivity contribution is 5.43. The molecule has 0 amide bonds. The molecular weight excluding hydrogens is 273 g/mol. The average molecular weight is 282 g/mol. The van der Waals surface area contributed by atoms with Crippen molar-refractivity contribution < 1.29 is 22.4 Å². The fraction of sp³-hybridized carbons (Fsp3) is 0.231. The predicted molar refractivity (Wildman–Crippen MR) is 61.7 cm³/mol. The number of hydrogen-bond acceptors (Lipinski definition) is 4. The number of alkyl halides is 3. The van der Waals surface area contributed by atoms with Gasteiger partial charge in [-0.2, -0.15) is 18.4 Å². The first kappa shape index (κ1) is 13.9. The quantitative estimate of drug-likeness (QED) is 0.865. The molecule has 0 unspecified atom stereocenters. The summed E-state index contributed by atoms with van der Waals surface area (Å²) >= 11 is 0. The Bertz CT molecular complexity index is 656.